The van der Waals surface area contributed by atoms with Crippen molar-refractivity contribution >= 4 is 28.2 Å². The van der Waals surface area contributed by atoms with Crippen LogP contribution in [-0.2, 0) is 0 Å². The predicted octanol–water partition coefficient (Wildman–Crippen LogP) is 4.98. The van der Waals surface area contributed by atoms with Gasteiger partial charge in [0.25, 0.3) is 0 Å². The number of fused-ring (bicyclic) bond motifs is 3. The van der Waals surface area contributed by atoms with Crippen molar-refractivity contribution in [3.05, 3.63) is 72.2 Å². The van der Waals surface area contributed by atoms with E-state index in [-0.39, 0.29) is 0 Å². The molecule has 0 bridgehead atoms. The second-order valence-corrected chi connectivity index (χ2v) is 6.27. The highest BCUT2D eigenvalue weighted by molar-refractivity contribution is 6.03. The van der Waals surface area contributed by atoms with Crippen LogP contribution in [0.25, 0.3) is 21.9 Å². The molecule has 1 unspecified atom stereocenters. The third-order valence-corrected chi connectivity index (χ3v) is 4.60. The molecule has 4 nitrogen and oxygen atoms in total. The van der Waals surface area contributed by atoms with Crippen LogP contribution in [0.2, 0.25) is 0 Å². The lowest BCUT2D eigenvalue weighted by molar-refractivity contribution is 0.717. The first-order chi connectivity index (χ1) is 12.3. The van der Waals surface area contributed by atoms with Crippen molar-refractivity contribution in [1.29, 1.82) is 0 Å². The Bertz CT molecular complexity index is 1050. The minimum absolute atomic E-state index is 0.355. The molecule has 0 saturated heterocycles. The van der Waals surface area contributed by atoms with Crippen LogP contribution in [-0.4, -0.2) is 20.9 Å². The molecule has 0 fully saturated rings. The molecule has 1 atom stereocenters. The highest BCUT2D eigenvalue weighted by Gasteiger charge is 2.17. The van der Waals surface area contributed by atoms with Gasteiger partial charge in [-0.25, -0.2) is 9.66 Å². The van der Waals surface area contributed by atoms with Crippen LogP contribution in [0.1, 0.15) is 37.4 Å². The van der Waals surface area contributed by atoms with E-state index in [1.54, 1.807) is 6.33 Å². The summed E-state index contributed by atoms with van der Waals surface area (Å²) in [6.45, 7) is 4.38. The van der Waals surface area contributed by atoms with E-state index >= 15 is 0 Å². The van der Waals surface area contributed by atoms with Crippen molar-refractivity contribution in [3.63, 3.8) is 0 Å². The van der Waals surface area contributed by atoms with Gasteiger partial charge in [0.15, 0.2) is 0 Å². The predicted molar refractivity (Wildman–Crippen MR) is 103 cm³/mol. The van der Waals surface area contributed by atoms with Gasteiger partial charge in [-0.1, -0.05) is 62.4 Å². The minimum atomic E-state index is 0.355. The standard InChI is InChI=1S/C21H20N4/c1-3-15(2)19-20-21(17-11-7-8-12-18(17)24-19)25(14-22-20)23-13-16-9-5-4-6-10-16/h4-15H,3H2,1-2H3. The molecule has 0 radical (unpaired) electrons. The van der Waals surface area contributed by atoms with E-state index in [1.807, 2.05) is 53.4 Å². The average molecular weight is 328 g/mol. The maximum Gasteiger partial charge on any atom is 0.118 e. The van der Waals surface area contributed by atoms with Crippen LogP contribution in [0.4, 0.5) is 0 Å². The van der Waals surface area contributed by atoms with Crippen LogP contribution in [0.3, 0.4) is 0 Å². The molecule has 0 saturated carbocycles. The fraction of sp³-hybridized carbons (Fsp3) is 0.190. The zero-order chi connectivity index (χ0) is 17.2. The van der Waals surface area contributed by atoms with Gasteiger partial charge in [0.1, 0.15) is 17.4 Å². The zero-order valence-electron chi connectivity index (χ0n) is 14.4. The van der Waals surface area contributed by atoms with Gasteiger partial charge in [0.05, 0.1) is 17.4 Å². The Labute approximate surface area is 146 Å². The maximum atomic E-state index is 4.88. The Kier molecular flexibility index (Phi) is 4.02. The number of hydrogen-bond donors (Lipinski definition) is 0. The fourth-order valence-corrected chi connectivity index (χ4v) is 3.02. The molecule has 0 aliphatic carbocycles. The monoisotopic (exact) mass is 328 g/mol. The van der Waals surface area contributed by atoms with Crippen LogP contribution in [0, 0.1) is 0 Å². The summed E-state index contributed by atoms with van der Waals surface area (Å²) in [6.07, 6.45) is 4.67. The van der Waals surface area contributed by atoms with E-state index in [0.717, 1.165) is 39.6 Å². The van der Waals surface area contributed by atoms with Gasteiger partial charge in [-0.05, 0) is 18.1 Å². The lowest BCUT2D eigenvalue weighted by Gasteiger charge is -2.11. The third-order valence-electron chi connectivity index (χ3n) is 4.60. The van der Waals surface area contributed by atoms with E-state index in [2.05, 4.69) is 36.1 Å². The number of imidazole rings is 1. The normalized spacial score (nSPS) is 13.0. The molecule has 0 aliphatic heterocycles. The van der Waals surface area contributed by atoms with Crippen molar-refractivity contribution in [1.82, 2.24) is 14.6 Å². The number of benzene rings is 2. The van der Waals surface area contributed by atoms with Gasteiger partial charge < -0.3 is 0 Å². The quantitative estimate of drug-likeness (QED) is 0.496. The summed E-state index contributed by atoms with van der Waals surface area (Å²) in [5.74, 6) is 0.355. The molecule has 4 aromatic rings. The Morgan fingerprint density at radius 3 is 2.64 bits per heavy atom. The van der Waals surface area contributed by atoms with Crippen LogP contribution in [0.5, 0.6) is 0 Å². The van der Waals surface area contributed by atoms with E-state index in [1.165, 1.54) is 0 Å². The molecule has 2 aromatic carbocycles. The molecule has 0 amide bonds. The van der Waals surface area contributed by atoms with Crippen molar-refractivity contribution in [2.75, 3.05) is 0 Å². The second kappa shape index (κ2) is 6.48. The number of para-hydroxylation sites is 1. The molecule has 0 spiro atoms. The molecule has 25 heavy (non-hydrogen) atoms. The molecular weight excluding hydrogens is 308 g/mol. The molecule has 2 heterocycles. The topological polar surface area (TPSA) is 43.1 Å². The highest BCUT2D eigenvalue weighted by Crippen LogP contribution is 2.30. The third kappa shape index (κ3) is 2.80. The second-order valence-electron chi connectivity index (χ2n) is 6.27. The van der Waals surface area contributed by atoms with E-state index in [0.29, 0.717) is 5.92 Å². The van der Waals surface area contributed by atoms with Crippen LogP contribution < -0.4 is 0 Å². The number of pyridine rings is 1. The number of aromatic nitrogens is 3. The molecule has 124 valence electrons. The first-order valence-corrected chi connectivity index (χ1v) is 8.63. The smallest absolute Gasteiger partial charge is 0.118 e. The van der Waals surface area contributed by atoms with Gasteiger partial charge in [0.2, 0.25) is 0 Å². The van der Waals surface area contributed by atoms with Crippen molar-refractivity contribution in [2.45, 2.75) is 26.2 Å². The Hall–Kier alpha value is -3.01. The first kappa shape index (κ1) is 15.5. The molecule has 0 N–H and O–H groups in total. The lowest BCUT2D eigenvalue weighted by atomic mass is 10.0. The molecular formula is C21H20N4. The molecule has 4 rings (SSSR count). The van der Waals surface area contributed by atoms with Crippen LogP contribution >= 0.6 is 0 Å². The van der Waals surface area contributed by atoms with Gasteiger partial charge in [-0.15, -0.1) is 0 Å². The summed E-state index contributed by atoms with van der Waals surface area (Å²) in [6, 6.07) is 18.3. The van der Waals surface area contributed by atoms with Gasteiger partial charge in [0, 0.05) is 11.3 Å². The SMILES string of the molecule is CCC(C)c1nc2ccccc2c2c1ncn2N=Cc1ccccc1. The summed E-state index contributed by atoms with van der Waals surface area (Å²) in [4.78, 5) is 9.51. The Morgan fingerprint density at radius 1 is 1.08 bits per heavy atom. The van der Waals surface area contributed by atoms with Crippen molar-refractivity contribution in [2.24, 2.45) is 5.10 Å². The number of nitrogens with zero attached hydrogens (tertiary/aromatic N) is 4. The van der Waals surface area contributed by atoms with E-state index < -0.39 is 0 Å². The number of rotatable bonds is 4. The number of hydrogen-bond acceptors (Lipinski definition) is 3. The fourth-order valence-electron chi connectivity index (χ4n) is 3.02. The Morgan fingerprint density at radius 2 is 1.84 bits per heavy atom. The summed E-state index contributed by atoms with van der Waals surface area (Å²) in [5.41, 5.74) is 5.06. The molecule has 4 heteroatoms. The van der Waals surface area contributed by atoms with Gasteiger partial charge >= 0.3 is 0 Å². The van der Waals surface area contributed by atoms with Crippen molar-refractivity contribution in [3.8, 4) is 0 Å². The summed E-state index contributed by atoms with van der Waals surface area (Å²) in [5, 5.41) is 5.72. The summed E-state index contributed by atoms with van der Waals surface area (Å²) in [7, 11) is 0. The van der Waals surface area contributed by atoms with Gasteiger partial charge in [-0.3, -0.25) is 4.98 Å². The molecule has 2 aromatic heterocycles. The Balaban J connectivity index is 1.94. The van der Waals surface area contributed by atoms with E-state index in [4.69, 9.17) is 4.98 Å². The maximum absolute atomic E-state index is 4.88. The minimum Gasteiger partial charge on any atom is -0.250 e. The lowest BCUT2D eigenvalue weighted by Crippen LogP contribution is -1.99. The average Bonchev–Trinajstić information content (AvgIpc) is 3.10. The highest BCUT2D eigenvalue weighted by atomic mass is 15.4. The van der Waals surface area contributed by atoms with E-state index in [9.17, 15) is 0 Å². The van der Waals surface area contributed by atoms with Gasteiger partial charge in [-0.2, -0.15) is 5.10 Å². The van der Waals surface area contributed by atoms with Crippen molar-refractivity contribution < 1.29 is 0 Å². The molecule has 0 aliphatic rings. The first-order valence-electron chi connectivity index (χ1n) is 8.63. The van der Waals surface area contributed by atoms with Crippen LogP contribution in [0.15, 0.2) is 66.0 Å². The zero-order valence-corrected chi connectivity index (χ0v) is 14.4. The largest absolute Gasteiger partial charge is 0.250 e. The summed E-state index contributed by atoms with van der Waals surface area (Å²) < 4.78 is 1.86. The summed E-state index contributed by atoms with van der Waals surface area (Å²) >= 11 is 0.